The molecule has 4 aromatic carbocycles. The first-order valence-corrected chi connectivity index (χ1v) is 18.1. The predicted molar refractivity (Wildman–Crippen MR) is 189 cm³/mol. The number of ether oxygens (including phenoxy) is 1. The molecule has 0 heterocycles. The number of rotatable bonds is 14. The number of para-hydroxylation sites is 1. The minimum Gasteiger partial charge on any atom is -0.497 e. The molecule has 0 aliphatic heterocycles. The molecule has 0 saturated heterocycles. The number of carbonyl (C=O) groups is 2. The molecule has 0 radical (unpaired) electrons. The maximum absolute atomic E-state index is 14.8. The second kappa shape index (κ2) is 16.0. The van der Waals surface area contributed by atoms with Crippen LogP contribution in [0.1, 0.15) is 54.9 Å². The van der Waals surface area contributed by atoms with Gasteiger partial charge in [-0.2, -0.15) is 0 Å². The van der Waals surface area contributed by atoms with Crippen molar-refractivity contribution in [2.24, 2.45) is 0 Å². The fourth-order valence-corrected chi connectivity index (χ4v) is 7.74. The van der Waals surface area contributed by atoms with Crippen LogP contribution in [0.15, 0.2) is 108 Å². The summed E-state index contributed by atoms with van der Waals surface area (Å²) >= 11 is 0. The smallest absolute Gasteiger partial charge is 0.264 e. The normalized spacial score (nSPS) is 13.9. The summed E-state index contributed by atoms with van der Waals surface area (Å²) in [7, 11) is -2.60. The number of aryl methyl sites for hydroxylation is 2. The molecule has 1 aliphatic carbocycles. The standard InChI is InChI=1S/C39H45N3O5S/c1-4-32-16-8-11-20-36(32)42(48(45,46)35-23-21-29(2)22-24-35)28-38(43)41(27-31-15-12-19-34(25-31)47-3)37(26-30-13-6-5-7-14-30)39(44)40-33-17-9-10-18-33/h5-8,11-16,19-25,33,37H,4,9-10,17-18,26-28H2,1-3H3,(H,40,44)/t37-/m0/s1. The van der Waals surface area contributed by atoms with Gasteiger partial charge in [-0.25, -0.2) is 8.42 Å². The molecular weight excluding hydrogens is 623 g/mol. The summed E-state index contributed by atoms with van der Waals surface area (Å²) in [6, 6.07) is 30.0. The van der Waals surface area contributed by atoms with Crippen molar-refractivity contribution in [3.05, 3.63) is 125 Å². The van der Waals surface area contributed by atoms with Crippen molar-refractivity contribution in [3.8, 4) is 5.75 Å². The van der Waals surface area contributed by atoms with Crippen molar-refractivity contribution in [1.82, 2.24) is 10.2 Å². The molecule has 1 fully saturated rings. The number of amides is 2. The summed E-state index contributed by atoms with van der Waals surface area (Å²) < 4.78 is 35.5. The van der Waals surface area contributed by atoms with E-state index in [0.29, 0.717) is 17.9 Å². The quantitative estimate of drug-likeness (QED) is 0.167. The van der Waals surface area contributed by atoms with Crippen LogP contribution in [0, 0.1) is 6.92 Å². The minimum atomic E-state index is -4.17. The molecule has 48 heavy (non-hydrogen) atoms. The molecule has 5 rings (SSSR count). The van der Waals surface area contributed by atoms with E-state index in [0.717, 1.165) is 47.9 Å². The Bertz CT molecular complexity index is 1790. The van der Waals surface area contributed by atoms with Crippen LogP contribution in [0.4, 0.5) is 5.69 Å². The van der Waals surface area contributed by atoms with Gasteiger partial charge in [0.1, 0.15) is 18.3 Å². The monoisotopic (exact) mass is 667 g/mol. The molecule has 4 aromatic rings. The van der Waals surface area contributed by atoms with E-state index in [1.165, 1.54) is 9.21 Å². The molecule has 8 nitrogen and oxygen atoms in total. The van der Waals surface area contributed by atoms with Crippen LogP contribution < -0.4 is 14.4 Å². The average molecular weight is 668 g/mol. The van der Waals surface area contributed by atoms with Crippen molar-refractivity contribution >= 4 is 27.5 Å². The van der Waals surface area contributed by atoms with Crippen molar-refractivity contribution in [1.29, 1.82) is 0 Å². The lowest BCUT2D eigenvalue weighted by Gasteiger charge is -2.34. The molecule has 252 valence electrons. The summed E-state index contributed by atoms with van der Waals surface area (Å²) in [5.41, 5.74) is 3.81. The molecule has 0 aromatic heterocycles. The van der Waals surface area contributed by atoms with Crippen molar-refractivity contribution in [2.75, 3.05) is 18.0 Å². The molecule has 1 N–H and O–H groups in total. The van der Waals surface area contributed by atoms with E-state index in [2.05, 4.69) is 5.32 Å². The van der Waals surface area contributed by atoms with Crippen LogP contribution in [0.25, 0.3) is 0 Å². The lowest BCUT2D eigenvalue weighted by atomic mass is 10.0. The Labute approximate surface area is 284 Å². The summed E-state index contributed by atoms with van der Waals surface area (Å²) in [6.45, 7) is 3.44. The largest absolute Gasteiger partial charge is 0.497 e. The lowest BCUT2D eigenvalue weighted by Crippen LogP contribution is -2.54. The minimum absolute atomic E-state index is 0.0411. The zero-order chi connectivity index (χ0) is 34.1. The molecule has 1 saturated carbocycles. The number of carbonyl (C=O) groups excluding carboxylic acids is 2. The maximum Gasteiger partial charge on any atom is 0.264 e. The SMILES string of the molecule is CCc1ccccc1N(CC(=O)N(Cc1cccc(OC)c1)[C@@H](Cc1ccccc1)C(=O)NC1CCCC1)S(=O)(=O)c1ccc(C)cc1. The summed E-state index contributed by atoms with van der Waals surface area (Å²) in [6.07, 6.45) is 4.71. The Kier molecular flexibility index (Phi) is 11.5. The van der Waals surface area contributed by atoms with E-state index in [4.69, 9.17) is 4.74 Å². The highest BCUT2D eigenvalue weighted by Crippen LogP contribution is 2.29. The average Bonchev–Trinajstić information content (AvgIpc) is 3.62. The highest BCUT2D eigenvalue weighted by Gasteiger charge is 2.36. The van der Waals surface area contributed by atoms with E-state index >= 15 is 0 Å². The van der Waals surface area contributed by atoms with Gasteiger partial charge < -0.3 is 15.0 Å². The molecule has 1 aliphatic rings. The van der Waals surface area contributed by atoms with Crippen LogP contribution in [-0.2, 0) is 39.0 Å². The highest BCUT2D eigenvalue weighted by atomic mass is 32.2. The first kappa shape index (κ1) is 34.7. The van der Waals surface area contributed by atoms with Crippen LogP contribution in [0.2, 0.25) is 0 Å². The molecule has 0 unspecified atom stereocenters. The third-order valence-corrected chi connectivity index (χ3v) is 10.8. The van der Waals surface area contributed by atoms with Gasteiger partial charge in [-0.1, -0.05) is 98.1 Å². The number of anilines is 1. The fraction of sp³-hybridized carbons (Fsp3) is 0.333. The Morgan fingerprint density at radius 1 is 0.875 bits per heavy atom. The topological polar surface area (TPSA) is 96.0 Å². The Hall–Kier alpha value is -4.63. The van der Waals surface area contributed by atoms with Gasteiger partial charge in [-0.3, -0.25) is 13.9 Å². The van der Waals surface area contributed by atoms with Crippen molar-refractivity contribution in [2.45, 2.75) is 75.9 Å². The Balaban J connectivity index is 1.59. The number of methoxy groups -OCH3 is 1. The van der Waals surface area contributed by atoms with E-state index in [-0.39, 0.29) is 29.8 Å². The van der Waals surface area contributed by atoms with Gasteiger partial charge in [0.2, 0.25) is 11.8 Å². The number of hydrogen-bond acceptors (Lipinski definition) is 5. The second-order valence-electron chi connectivity index (χ2n) is 12.4. The molecule has 1 atom stereocenters. The maximum atomic E-state index is 14.8. The van der Waals surface area contributed by atoms with Crippen LogP contribution >= 0.6 is 0 Å². The molecule has 0 spiro atoms. The number of nitrogens with one attached hydrogen (secondary N) is 1. The van der Waals surface area contributed by atoms with E-state index in [1.54, 1.807) is 43.5 Å². The third-order valence-electron chi connectivity index (χ3n) is 8.99. The first-order valence-electron chi connectivity index (χ1n) is 16.6. The predicted octanol–water partition coefficient (Wildman–Crippen LogP) is 6.46. The summed E-state index contributed by atoms with van der Waals surface area (Å²) in [4.78, 5) is 30.6. The van der Waals surface area contributed by atoms with Gasteiger partial charge in [-0.05, 0) is 73.2 Å². The molecule has 2 amide bonds. The van der Waals surface area contributed by atoms with Gasteiger partial charge in [0.25, 0.3) is 10.0 Å². The van der Waals surface area contributed by atoms with Gasteiger partial charge in [-0.15, -0.1) is 0 Å². The van der Waals surface area contributed by atoms with E-state index in [1.807, 2.05) is 80.6 Å². The van der Waals surface area contributed by atoms with E-state index in [9.17, 15) is 18.0 Å². The van der Waals surface area contributed by atoms with Crippen LogP contribution in [-0.4, -0.2) is 50.9 Å². The lowest BCUT2D eigenvalue weighted by molar-refractivity contribution is -0.140. The zero-order valence-electron chi connectivity index (χ0n) is 28.0. The second-order valence-corrected chi connectivity index (χ2v) is 14.2. The molecular formula is C39H45N3O5S. The third kappa shape index (κ3) is 8.44. The molecule has 0 bridgehead atoms. The van der Waals surface area contributed by atoms with E-state index < -0.39 is 28.5 Å². The Morgan fingerprint density at radius 3 is 2.23 bits per heavy atom. The van der Waals surface area contributed by atoms with Gasteiger partial charge >= 0.3 is 0 Å². The molecule has 9 heteroatoms. The van der Waals surface area contributed by atoms with Gasteiger partial charge in [0.05, 0.1) is 17.7 Å². The number of benzene rings is 4. The number of nitrogens with zero attached hydrogens (tertiary/aromatic N) is 2. The number of hydrogen-bond donors (Lipinski definition) is 1. The van der Waals surface area contributed by atoms with Gasteiger partial charge in [0, 0.05) is 19.0 Å². The number of sulfonamides is 1. The first-order chi connectivity index (χ1) is 23.2. The van der Waals surface area contributed by atoms with Gasteiger partial charge in [0.15, 0.2) is 0 Å². The highest BCUT2D eigenvalue weighted by molar-refractivity contribution is 7.92. The van der Waals surface area contributed by atoms with Crippen LogP contribution in [0.5, 0.6) is 5.75 Å². The fourth-order valence-electron chi connectivity index (χ4n) is 6.29. The zero-order valence-corrected chi connectivity index (χ0v) is 28.8. The summed E-state index contributed by atoms with van der Waals surface area (Å²) in [5, 5.41) is 3.22. The van der Waals surface area contributed by atoms with Crippen molar-refractivity contribution in [3.63, 3.8) is 0 Å². The van der Waals surface area contributed by atoms with Crippen LogP contribution in [0.3, 0.4) is 0 Å². The Morgan fingerprint density at radius 2 is 1.54 bits per heavy atom. The summed E-state index contributed by atoms with van der Waals surface area (Å²) in [5.74, 6) is -0.110. The van der Waals surface area contributed by atoms with Crippen molar-refractivity contribution < 1.29 is 22.7 Å².